The van der Waals surface area contributed by atoms with E-state index in [1.807, 2.05) is 62.4 Å². The van der Waals surface area contributed by atoms with Crippen LogP contribution in [0, 0.1) is 13.8 Å². The minimum atomic E-state index is -3.90. The minimum Gasteiger partial charge on any atom is -0.348 e. The number of amides is 1. The average molecular weight is 471 g/mol. The van der Waals surface area contributed by atoms with Gasteiger partial charge >= 0.3 is 0 Å². The van der Waals surface area contributed by atoms with Crippen LogP contribution in [0.3, 0.4) is 0 Å². The second-order valence-corrected chi connectivity index (χ2v) is 10.2. The molecule has 0 fully saturated rings. The predicted octanol–water partition coefficient (Wildman–Crippen LogP) is 5.03. The molecule has 1 atom stereocenters. The maximum atomic E-state index is 13.6. The molecule has 0 aliphatic heterocycles. The molecule has 3 aromatic rings. The van der Waals surface area contributed by atoms with Gasteiger partial charge in [-0.3, -0.25) is 4.79 Å². The van der Waals surface area contributed by atoms with Crippen molar-refractivity contribution in [3.8, 4) is 0 Å². The van der Waals surface area contributed by atoms with E-state index in [2.05, 4.69) is 5.32 Å². The van der Waals surface area contributed by atoms with Gasteiger partial charge in [-0.15, -0.1) is 0 Å². The van der Waals surface area contributed by atoms with Crippen LogP contribution in [-0.4, -0.2) is 25.2 Å². The third kappa shape index (κ3) is 5.97. The second-order valence-electron chi connectivity index (χ2n) is 7.87. The Hall–Kier alpha value is -2.67. The lowest BCUT2D eigenvalue weighted by atomic mass is 10.1. The molecular formula is C25H27ClN2O3S. The number of sulfonamides is 1. The summed E-state index contributed by atoms with van der Waals surface area (Å²) in [7, 11) is -3.90. The van der Waals surface area contributed by atoms with E-state index in [0.717, 1.165) is 16.7 Å². The number of carbonyl (C=O) groups excluding carboxylic acids is 1. The molecule has 32 heavy (non-hydrogen) atoms. The normalized spacial score (nSPS) is 12.5. The molecule has 0 aliphatic carbocycles. The van der Waals surface area contributed by atoms with Gasteiger partial charge in [-0.05, 0) is 61.2 Å². The number of hydrogen-bond acceptors (Lipinski definition) is 3. The zero-order chi connectivity index (χ0) is 23.3. The van der Waals surface area contributed by atoms with Crippen molar-refractivity contribution < 1.29 is 13.2 Å². The first kappa shape index (κ1) is 24.0. The highest BCUT2D eigenvalue weighted by Crippen LogP contribution is 2.23. The number of carbonyl (C=O) groups is 1. The Bertz CT molecular complexity index is 1180. The van der Waals surface area contributed by atoms with Gasteiger partial charge in [0.25, 0.3) is 0 Å². The van der Waals surface area contributed by atoms with Crippen molar-refractivity contribution >= 4 is 27.5 Å². The molecule has 0 bridgehead atoms. The minimum absolute atomic E-state index is 0.0965. The zero-order valence-corrected chi connectivity index (χ0v) is 20.0. The predicted molar refractivity (Wildman–Crippen MR) is 128 cm³/mol. The van der Waals surface area contributed by atoms with Crippen molar-refractivity contribution in [2.75, 3.05) is 6.54 Å². The third-order valence-corrected chi connectivity index (χ3v) is 7.42. The summed E-state index contributed by atoms with van der Waals surface area (Å²) < 4.78 is 28.4. The van der Waals surface area contributed by atoms with Gasteiger partial charge in [0.15, 0.2) is 0 Å². The molecule has 0 radical (unpaired) electrons. The first-order valence-electron chi connectivity index (χ1n) is 10.3. The summed E-state index contributed by atoms with van der Waals surface area (Å²) in [4.78, 5) is 13.1. The molecule has 0 saturated heterocycles. The number of nitrogens with zero attached hydrogens (tertiary/aromatic N) is 1. The summed E-state index contributed by atoms with van der Waals surface area (Å²) >= 11 is 5.94. The Morgan fingerprint density at radius 2 is 1.66 bits per heavy atom. The molecule has 1 unspecified atom stereocenters. The van der Waals surface area contributed by atoms with E-state index in [-0.39, 0.29) is 29.9 Å². The molecule has 5 nitrogen and oxygen atoms in total. The number of benzene rings is 3. The van der Waals surface area contributed by atoms with Gasteiger partial charge in [0.2, 0.25) is 15.9 Å². The highest BCUT2D eigenvalue weighted by atomic mass is 35.5. The van der Waals surface area contributed by atoms with Crippen molar-refractivity contribution in [1.82, 2.24) is 9.62 Å². The molecule has 0 saturated carbocycles. The number of halogens is 1. The van der Waals surface area contributed by atoms with Crippen LogP contribution in [0.4, 0.5) is 0 Å². The van der Waals surface area contributed by atoms with Crippen LogP contribution in [-0.2, 0) is 21.4 Å². The third-order valence-electron chi connectivity index (χ3n) is 5.23. The summed E-state index contributed by atoms with van der Waals surface area (Å²) in [5.74, 6) is -0.378. The molecule has 3 rings (SSSR count). The van der Waals surface area contributed by atoms with Crippen LogP contribution in [0.2, 0.25) is 5.02 Å². The van der Waals surface area contributed by atoms with Gasteiger partial charge in [-0.2, -0.15) is 4.31 Å². The molecule has 1 amide bonds. The van der Waals surface area contributed by atoms with Gasteiger partial charge in [0.1, 0.15) is 0 Å². The standard InChI is InChI=1S/C25H27ClN2O3S/c1-18-9-10-19(2)24(15-18)32(30,31)28(16-21-7-5-4-6-8-21)17-25(29)27-20(3)22-11-13-23(26)14-12-22/h4-15,20H,16-17H2,1-3H3,(H,27,29). The van der Waals surface area contributed by atoms with Gasteiger partial charge in [-0.1, -0.05) is 66.2 Å². The van der Waals surface area contributed by atoms with Gasteiger partial charge in [0.05, 0.1) is 17.5 Å². The topological polar surface area (TPSA) is 66.5 Å². The number of rotatable bonds is 8. The SMILES string of the molecule is Cc1ccc(C)c(S(=O)(=O)N(CC(=O)NC(C)c2ccc(Cl)cc2)Cc2ccccc2)c1. The molecule has 0 heterocycles. The van der Waals surface area contributed by atoms with Crippen LogP contribution in [0.5, 0.6) is 0 Å². The summed E-state index contributed by atoms with van der Waals surface area (Å²) in [6, 6.07) is 21.5. The monoisotopic (exact) mass is 470 g/mol. The fourth-order valence-corrected chi connectivity index (χ4v) is 5.24. The van der Waals surface area contributed by atoms with Crippen molar-refractivity contribution in [3.05, 3.63) is 100 Å². The van der Waals surface area contributed by atoms with Crippen molar-refractivity contribution in [2.45, 2.75) is 38.3 Å². The Labute approximate surface area is 195 Å². The van der Waals surface area contributed by atoms with E-state index in [0.29, 0.717) is 10.6 Å². The highest BCUT2D eigenvalue weighted by Gasteiger charge is 2.29. The maximum absolute atomic E-state index is 13.6. The van der Waals surface area contributed by atoms with Crippen LogP contribution < -0.4 is 5.32 Å². The Morgan fingerprint density at radius 3 is 2.31 bits per heavy atom. The Morgan fingerprint density at radius 1 is 1.00 bits per heavy atom. The second kappa shape index (κ2) is 10.3. The van der Waals surface area contributed by atoms with E-state index in [4.69, 9.17) is 11.6 Å². The van der Waals surface area contributed by atoms with Crippen molar-refractivity contribution in [3.63, 3.8) is 0 Å². The quantitative estimate of drug-likeness (QED) is 0.502. The van der Waals surface area contributed by atoms with Crippen LogP contribution in [0.1, 0.15) is 35.2 Å². The number of aryl methyl sites for hydroxylation is 2. The van der Waals surface area contributed by atoms with Crippen molar-refractivity contribution in [2.24, 2.45) is 0 Å². The number of hydrogen-bond donors (Lipinski definition) is 1. The fraction of sp³-hybridized carbons (Fsp3) is 0.240. The lowest BCUT2D eigenvalue weighted by molar-refractivity contribution is -0.122. The number of nitrogens with one attached hydrogen (secondary N) is 1. The first-order valence-corrected chi connectivity index (χ1v) is 12.1. The summed E-state index contributed by atoms with van der Waals surface area (Å²) in [5, 5.41) is 3.51. The van der Waals surface area contributed by atoms with E-state index >= 15 is 0 Å². The van der Waals surface area contributed by atoms with Crippen LogP contribution in [0.25, 0.3) is 0 Å². The molecule has 7 heteroatoms. The Kier molecular flexibility index (Phi) is 7.72. The average Bonchev–Trinajstić information content (AvgIpc) is 2.76. The molecule has 0 aromatic heterocycles. The molecule has 0 spiro atoms. The lowest BCUT2D eigenvalue weighted by Crippen LogP contribution is -2.41. The smallest absolute Gasteiger partial charge is 0.244 e. The molecule has 168 valence electrons. The molecule has 0 aliphatic rings. The van der Waals surface area contributed by atoms with Gasteiger partial charge < -0.3 is 5.32 Å². The highest BCUT2D eigenvalue weighted by molar-refractivity contribution is 7.89. The van der Waals surface area contributed by atoms with Crippen LogP contribution >= 0.6 is 11.6 Å². The largest absolute Gasteiger partial charge is 0.348 e. The lowest BCUT2D eigenvalue weighted by Gasteiger charge is -2.24. The van der Waals surface area contributed by atoms with Gasteiger partial charge in [-0.25, -0.2) is 8.42 Å². The summed E-state index contributed by atoms with van der Waals surface area (Å²) in [6.07, 6.45) is 0. The summed E-state index contributed by atoms with van der Waals surface area (Å²) in [6.45, 7) is 5.26. The van der Waals surface area contributed by atoms with E-state index < -0.39 is 10.0 Å². The zero-order valence-electron chi connectivity index (χ0n) is 18.4. The fourth-order valence-electron chi connectivity index (χ4n) is 3.42. The van der Waals surface area contributed by atoms with Crippen LogP contribution in [0.15, 0.2) is 77.7 Å². The molecule has 1 N–H and O–H groups in total. The van der Waals surface area contributed by atoms with E-state index in [1.54, 1.807) is 31.2 Å². The summed E-state index contributed by atoms with van der Waals surface area (Å²) in [5.41, 5.74) is 3.17. The van der Waals surface area contributed by atoms with E-state index in [1.165, 1.54) is 4.31 Å². The maximum Gasteiger partial charge on any atom is 0.244 e. The Balaban J connectivity index is 1.86. The molecular weight excluding hydrogens is 444 g/mol. The van der Waals surface area contributed by atoms with Crippen molar-refractivity contribution in [1.29, 1.82) is 0 Å². The van der Waals surface area contributed by atoms with E-state index in [9.17, 15) is 13.2 Å². The van der Waals surface area contributed by atoms with Gasteiger partial charge in [0, 0.05) is 11.6 Å². The first-order chi connectivity index (χ1) is 15.2. The molecule has 3 aromatic carbocycles.